The van der Waals surface area contributed by atoms with E-state index in [-0.39, 0.29) is 38.6 Å². The average molecular weight is 1260 g/mol. The van der Waals surface area contributed by atoms with Crippen molar-refractivity contribution in [1.29, 1.82) is 0 Å². The third-order valence-electron chi connectivity index (χ3n) is 15.6. The van der Waals surface area contributed by atoms with Crippen LogP contribution in [0, 0.1) is 0 Å². The van der Waals surface area contributed by atoms with Gasteiger partial charge in [-0.15, -0.1) is 0 Å². The minimum atomic E-state index is -1.65. The molecule has 91 heavy (non-hydrogen) atoms. The van der Waals surface area contributed by atoms with E-state index in [2.05, 4.69) is 160 Å². The molecular weight excluding hydrogens is 1130 g/mol. The molecule has 0 radical (unpaired) electrons. The van der Waals surface area contributed by atoms with Crippen LogP contribution < -0.4 is 5.11 Å². The van der Waals surface area contributed by atoms with Crippen LogP contribution in [0.25, 0.3) is 0 Å². The summed E-state index contributed by atoms with van der Waals surface area (Å²) in [5, 5.41) is 11.8. The van der Waals surface area contributed by atoms with E-state index in [9.17, 15) is 19.5 Å². The molecule has 0 bridgehead atoms. The first-order chi connectivity index (χ1) is 44.6. The molecule has 0 saturated heterocycles. The summed E-state index contributed by atoms with van der Waals surface area (Å²) in [7, 11) is 5.91. The van der Waals surface area contributed by atoms with E-state index in [1.54, 1.807) is 0 Å². The van der Waals surface area contributed by atoms with Gasteiger partial charge in [0.05, 0.1) is 40.3 Å². The number of allylic oxidation sites excluding steroid dienone is 24. The predicted octanol–water partition coefficient (Wildman–Crippen LogP) is 22.1. The molecule has 0 spiro atoms. The Labute approximate surface area is 560 Å². The van der Waals surface area contributed by atoms with E-state index in [1.807, 2.05) is 21.1 Å². The van der Waals surface area contributed by atoms with Crippen molar-refractivity contribution in [3.05, 3.63) is 146 Å². The zero-order valence-corrected chi connectivity index (χ0v) is 59.2. The van der Waals surface area contributed by atoms with Crippen molar-refractivity contribution in [2.24, 2.45) is 0 Å². The number of esters is 2. The number of nitrogens with zero attached hydrogens (tertiary/aromatic N) is 1. The van der Waals surface area contributed by atoms with Gasteiger partial charge in [-0.1, -0.05) is 314 Å². The topological polar surface area (TPSA) is 111 Å². The molecule has 2 atom stereocenters. The number of carbonyl (C=O) groups excluding carboxylic acids is 3. The molecule has 0 aromatic carbocycles. The van der Waals surface area contributed by atoms with Crippen LogP contribution in [0.5, 0.6) is 0 Å². The molecule has 0 rings (SSSR count). The van der Waals surface area contributed by atoms with Crippen LogP contribution in [0.15, 0.2) is 146 Å². The van der Waals surface area contributed by atoms with E-state index in [0.29, 0.717) is 23.9 Å². The quantitative estimate of drug-likeness (QED) is 0.0195. The molecule has 0 amide bonds. The molecule has 9 heteroatoms. The number of quaternary nitrogens is 1. The zero-order chi connectivity index (χ0) is 66.1. The third-order valence-corrected chi connectivity index (χ3v) is 15.6. The highest BCUT2D eigenvalue weighted by Crippen LogP contribution is 2.17. The predicted molar refractivity (Wildman–Crippen MR) is 389 cm³/mol. The van der Waals surface area contributed by atoms with Crippen molar-refractivity contribution in [2.45, 2.75) is 309 Å². The van der Waals surface area contributed by atoms with Gasteiger partial charge >= 0.3 is 11.9 Å². The van der Waals surface area contributed by atoms with E-state index < -0.39 is 24.3 Å². The van der Waals surface area contributed by atoms with E-state index >= 15 is 0 Å². The largest absolute Gasteiger partial charge is 0.545 e. The van der Waals surface area contributed by atoms with Gasteiger partial charge in [0, 0.05) is 12.8 Å². The number of carboxylic acids is 1. The first-order valence-electron chi connectivity index (χ1n) is 37.0. The number of aliphatic carboxylic acids is 1. The normalized spacial score (nSPS) is 13.5. The number of hydrogen-bond acceptors (Lipinski definition) is 8. The van der Waals surface area contributed by atoms with Crippen LogP contribution in [-0.4, -0.2) is 82.3 Å². The zero-order valence-electron chi connectivity index (χ0n) is 59.2. The molecule has 0 aliphatic rings. The molecule has 0 fully saturated rings. The van der Waals surface area contributed by atoms with Crippen LogP contribution in [0.3, 0.4) is 0 Å². The number of unbranched alkanes of at least 4 members (excludes halogenated alkanes) is 28. The number of carbonyl (C=O) groups is 3. The number of hydrogen-bond donors (Lipinski definition) is 0. The van der Waals surface area contributed by atoms with Crippen molar-refractivity contribution in [3.63, 3.8) is 0 Å². The van der Waals surface area contributed by atoms with Gasteiger partial charge < -0.3 is 33.3 Å². The van der Waals surface area contributed by atoms with Crippen molar-refractivity contribution >= 4 is 17.9 Å². The van der Waals surface area contributed by atoms with Gasteiger partial charge in [-0.05, 0) is 116 Å². The van der Waals surface area contributed by atoms with Crippen LogP contribution in [-0.2, 0) is 33.3 Å². The molecule has 0 aromatic heterocycles. The van der Waals surface area contributed by atoms with Gasteiger partial charge in [0.1, 0.15) is 13.2 Å². The first-order valence-corrected chi connectivity index (χ1v) is 37.0. The number of carboxylic acid groups (broad SMARTS) is 1. The molecule has 0 aromatic rings. The Balaban J connectivity index is 4.15. The smallest absolute Gasteiger partial charge is 0.306 e. The molecule has 2 unspecified atom stereocenters. The highest BCUT2D eigenvalue weighted by molar-refractivity contribution is 5.70. The maximum absolute atomic E-state index is 12.9. The fraction of sp³-hybridized carbons (Fsp3) is 0.671. The van der Waals surface area contributed by atoms with Crippen LogP contribution in [0.2, 0.25) is 0 Å². The summed E-state index contributed by atoms with van der Waals surface area (Å²) in [5.74, 6) is -2.37. The van der Waals surface area contributed by atoms with Crippen LogP contribution >= 0.6 is 0 Å². The van der Waals surface area contributed by atoms with Crippen molar-refractivity contribution in [3.8, 4) is 0 Å². The Hall–Kier alpha value is -4.83. The fourth-order valence-corrected chi connectivity index (χ4v) is 9.96. The lowest BCUT2D eigenvalue weighted by Crippen LogP contribution is -2.44. The number of ether oxygens (including phenoxy) is 4. The van der Waals surface area contributed by atoms with Crippen molar-refractivity contribution in [2.75, 3.05) is 47.5 Å². The molecule has 0 N–H and O–H groups in total. The second kappa shape index (κ2) is 71.0. The Kier molecular flexibility index (Phi) is 67.3. The van der Waals surface area contributed by atoms with Gasteiger partial charge in [0.15, 0.2) is 12.4 Å². The molecule has 0 saturated carbocycles. The van der Waals surface area contributed by atoms with Crippen LogP contribution in [0.1, 0.15) is 296 Å². The lowest BCUT2D eigenvalue weighted by Gasteiger charge is -2.26. The highest BCUT2D eigenvalue weighted by atomic mass is 16.7. The summed E-state index contributed by atoms with van der Waals surface area (Å²) in [5.41, 5.74) is 0. The van der Waals surface area contributed by atoms with Gasteiger partial charge in [0.2, 0.25) is 0 Å². The second-order valence-corrected chi connectivity index (χ2v) is 25.5. The maximum Gasteiger partial charge on any atom is 0.306 e. The van der Waals surface area contributed by atoms with E-state index in [1.165, 1.54) is 167 Å². The number of likely N-dealkylation sites (N-methyl/N-ethyl adjacent to an activating group) is 1. The number of rotatable bonds is 67. The first kappa shape index (κ1) is 86.2. The Morgan fingerprint density at radius 1 is 0.341 bits per heavy atom. The molecule has 0 aliphatic carbocycles. The highest BCUT2D eigenvalue weighted by Gasteiger charge is 2.22. The Bertz CT molecular complexity index is 2010. The summed E-state index contributed by atoms with van der Waals surface area (Å²) in [6.45, 7) is 4.56. The van der Waals surface area contributed by atoms with Crippen LogP contribution in [0.4, 0.5) is 0 Å². The third kappa shape index (κ3) is 72.5. The lowest BCUT2D eigenvalue weighted by atomic mass is 10.0. The standard InChI is InChI=1S/C82H137NO8/c1-6-8-10-12-14-16-18-20-22-24-26-28-30-32-34-36-37-38-39-40-41-42-43-45-46-48-50-52-54-56-58-60-62-64-66-68-70-72-79(84)89-76-78(77-90-82(81(86)87)88-75-74-83(3,4)5)91-80(85)73-71-69-67-65-63-61-59-57-55-53-51-49-47-44-35-33-31-29-27-25-23-21-19-17-15-13-11-9-7-2/h9,11,15,17-18,20-21,23-24,26-27,29-30,32-33,35,47,49,53,55,59,61,65,67,78,82H,6-8,10,12-14,16,19,22,25,28,31,34,36-46,48,50-52,54,56-58,60,62-64,66,68-77H2,1-5H3/b11-9-,17-15-,20-18-,23-21-,26-24-,29-27-,32-30-,35-33-,49-47-,55-53-,61-59-,67-65-. The van der Waals surface area contributed by atoms with Crippen molar-refractivity contribution < 1.29 is 42.9 Å². The minimum Gasteiger partial charge on any atom is -0.545 e. The Morgan fingerprint density at radius 3 is 0.967 bits per heavy atom. The average Bonchev–Trinajstić information content (AvgIpc) is 3.66. The van der Waals surface area contributed by atoms with Crippen molar-refractivity contribution in [1.82, 2.24) is 0 Å². The summed E-state index contributed by atoms with van der Waals surface area (Å²) in [6.07, 6.45) is 101. The molecule has 518 valence electrons. The molecule has 9 nitrogen and oxygen atoms in total. The van der Waals surface area contributed by atoms with Gasteiger partial charge in [-0.3, -0.25) is 9.59 Å². The minimum absolute atomic E-state index is 0.130. The monoisotopic (exact) mass is 1260 g/mol. The second-order valence-electron chi connectivity index (χ2n) is 25.5. The summed E-state index contributed by atoms with van der Waals surface area (Å²) < 4.78 is 22.7. The maximum atomic E-state index is 12.9. The summed E-state index contributed by atoms with van der Waals surface area (Å²) in [4.78, 5) is 37.5. The fourth-order valence-electron chi connectivity index (χ4n) is 9.96. The Morgan fingerprint density at radius 2 is 0.637 bits per heavy atom. The van der Waals surface area contributed by atoms with Gasteiger partial charge in [-0.25, -0.2) is 0 Å². The molecule has 0 heterocycles. The lowest BCUT2D eigenvalue weighted by molar-refractivity contribution is -0.870. The van der Waals surface area contributed by atoms with Gasteiger partial charge in [-0.2, -0.15) is 0 Å². The molecule has 0 aliphatic heterocycles. The summed E-state index contributed by atoms with van der Waals surface area (Å²) in [6, 6.07) is 0. The van der Waals surface area contributed by atoms with E-state index in [4.69, 9.17) is 18.9 Å². The molecular formula is C82H137NO8. The van der Waals surface area contributed by atoms with E-state index in [0.717, 1.165) is 89.9 Å². The summed E-state index contributed by atoms with van der Waals surface area (Å²) >= 11 is 0. The SMILES string of the molecule is CC/C=C\C/C=C\C/C=C\C/C=C\C/C=C\C/C=C\C/C=C\C/C=C\C/C=C\CCCC(=O)OC(COC(=O)CCCCCCCCCCCCCCCCCCCCCCCC/C=C\C/C=C\C/C=C\CCCCCCC)COC(OCC[N+](C)(C)C)C(=O)[O-]. The van der Waals surface area contributed by atoms with Gasteiger partial charge in [0.25, 0.3) is 0 Å².